The summed E-state index contributed by atoms with van der Waals surface area (Å²) in [7, 11) is 0. The fraction of sp³-hybridized carbons (Fsp3) is 0.455. The Morgan fingerprint density at radius 2 is 2.36 bits per heavy atom. The number of fused-ring (bicyclic) bond motifs is 1. The molecule has 0 saturated carbocycles. The highest BCUT2D eigenvalue weighted by Crippen LogP contribution is 2.28. The van der Waals surface area contributed by atoms with Gasteiger partial charge in [0.2, 0.25) is 0 Å². The number of rotatable bonds is 2. The number of hydrogen-bond donors (Lipinski definition) is 1. The van der Waals surface area contributed by atoms with E-state index in [-0.39, 0.29) is 18.5 Å². The van der Waals surface area contributed by atoms with Gasteiger partial charge in [0.05, 0.1) is 0 Å². The van der Waals surface area contributed by atoms with Crippen LogP contribution in [-0.2, 0) is 6.42 Å². The third-order valence-electron chi connectivity index (χ3n) is 2.50. The van der Waals surface area contributed by atoms with Crippen molar-refractivity contribution in [3.8, 4) is 5.75 Å². The van der Waals surface area contributed by atoms with E-state index in [9.17, 15) is 4.39 Å². The second kappa shape index (κ2) is 3.96. The van der Waals surface area contributed by atoms with Crippen molar-refractivity contribution in [2.45, 2.75) is 25.4 Å². The second-order valence-electron chi connectivity index (χ2n) is 3.54. The van der Waals surface area contributed by atoms with Crippen molar-refractivity contribution in [2.24, 2.45) is 0 Å². The third kappa shape index (κ3) is 1.87. The van der Waals surface area contributed by atoms with Crippen molar-refractivity contribution >= 4 is 0 Å². The van der Waals surface area contributed by atoms with E-state index < -0.39 is 0 Å². The molecule has 2 rings (SSSR count). The minimum atomic E-state index is -0.215. The molecule has 1 atom stereocenters. The van der Waals surface area contributed by atoms with Gasteiger partial charge in [0.15, 0.2) is 0 Å². The predicted octanol–water partition coefficient (Wildman–Crippen LogP) is 1.90. The van der Waals surface area contributed by atoms with Crippen LogP contribution in [-0.4, -0.2) is 17.8 Å². The molecule has 1 N–H and O–H groups in total. The number of benzene rings is 1. The summed E-state index contributed by atoms with van der Waals surface area (Å²) < 4.78 is 18.4. The first-order valence-electron chi connectivity index (χ1n) is 4.85. The number of hydrogen-bond acceptors (Lipinski definition) is 2. The molecule has 2 nitrogen and oxygen atoms in total. The van der Waals surface area contributed by atoms with Crippen LogP contribution in [0, 0.1) is 5.82 Å². The largest absolute Gasteiger partial charge is 0.490 e. The maximum absolute atomic E-state index is 12.8. The molecule has 1 unspecified atom stereocenters. The van der Waals surface area contributed by atoms with Crippen LogP contribution in [0.15, 0.2) is 18.2 Å². The van der Waals surface area contributed by atoms with Crippen molar-refractivity contribution in [3.05, 3.63) is 29.6 Å². The van der Waals surface area contributed by atoms with Crippen LogP contribution < -0.4 is 4.74 Å². The molecule has 0 amide bonds. The molecule has 14 heavy (non-hydrogen) atoms. The van der Waals surface area contributed by atoms with Crippen LogP contribution in [0.3, 0.4) is 0 Å². The van der Waals surface area contributed by atoms with Gasteiger partial charge in [-0.2, -0.15) is 0 Å². The SMILES string of the molecule is OCCC1CCc2cc(F)ccc2O1. The summed E-state index contributed by atoms with van der Waals surface area (Å²) in [5.41, 5.74) is 0.930. The topological polar surface area (TPSA) is 29.5 Å². The van der Waals surface area contributed by atoms with Crippen molar-refractivity contribution in [3.63, 3.8) is 0 Å². The lowest BCUT2D eigenvalue weighted by molar-refractivity contribution is 0.133. The zero-order valence-corrected chi connectivity index (χ0v) is 7.87. The Morgan fingerprint density at radius 1 is 1.50 bits per heavy atom. The Labute approximate surface area is 82.3 Å². The molecule has 0 radical (unpaired) electrons. The molecule has 0 bridgehead atoms. The van der Waals surface area contributed by atoms with E-state index in [2.05, 4.69) is 0 Å². The first kappa shape index (κ1) is 9.46. The van der Waals surface area contributed by atoms with Crippen LogP contribution in [0.2, 0.25) is 0 Å². The Balaban J connectivity index is 2.15. The lowest BCUT2D eigenvalue weighted by Crippen LogP contribution is -2.23. The fourth-order valence-electron chi connectivity index (χ4n) is 1.76. The zero-order valence-electron chi connectivity index (χ0n) is 7.87. The van der Waals surface area contributed by atoms with Gasteiger partial charge in [0.1, 0.15) is 17.7 Å². The third-order valence-corrected chi connectivity index (χ3v) is 2.50. The Morgan fingerprint density at radius 3 is 3.14 bits per heavy atom. The molecule has 0 aliphatic carbocycles. The molecule has 0 spiro atoms. The lowest BCUT2D eigenvalue weighted by Gasteiger charge is -2.25. The molecular weight excluding hydrogens is 183 g/mol. The second-order valence-corrected chi connectivity index (χ2v) is 3.54. The molecule has 76 valence electrons. The summed E-state index contributed by atoms with van der Waals surface area (Å²) in [6.07, 6.45) is 2.42. The molecule has 0 aromatic heterocycles. The maximum atomic E-state index is 12.8. The highest BCUT2D eigenvalue weighted by atomic mass is 19.1. The van der Waals surface area contributed by atoms with Gasteiger partial charge in [-0.25, -0.2) is 4.39 Å². The predicted molar refractivity (Wildman–Crippen MR) is 50.8 cm³/mol. The fourth-order valence-corrected chi connectivity index (χ4v) is 1.76. The molecule has 1 aromatic carbocycles. The normalized spacial score (nSPS) is 20.0. The Hall–Kier alpha value is -1.09. The average Bonchev–Trinajstić information content (AvgIpc) is 2.19. The van der Waals surface area contributed by atoms with Crippen LogP contribution in [0.4, 0.5) is 4.39 Å². The monoisotopic (exact) mass is 196 g/mol. The molecule has 1 aliphatic rings. The molecule has 0 fully saturated rings. The van der Waals surface area contributed by atoms with Crippen LogP contribution >= 0.6 is 0 Å². The summed E-state index contributed by atoms with van der Waals surface area (Å²) in [5.74, 6) is 0.545. The first-order chi connectivity index (χ1) is 6.79. The highest BCUT2D eigenvalue weighted by molar-refractivity contribution is 5.35. The summed E-state index contributed by atoms with van der Waals surface area (Å²) in [4.78, 5) is 0. The molecule has 1 aromatic rings. The quantitative estimate of drug-likeness (QED) is 0.782. The van der Waals surface area contributed by atoms with E-state index in [1.807, 2.05) is 0 Å². The van der Waals surface area contributed by atoms with Gasteiger partial charge in [0, 0.05) is 13.0 Å². The Kier molecular flexibility index (Phi) is 2.68. The van der Waals surface area contributed by atoms with E-state index in [1.165, 1.54) is 12.1 Å². The van der Waals surface area contributed by atoms with Gasteiger partial charge < -0.3 is 9.84 Å². The average molecular weight is 196 g/mol. The highest BCUT2D eigenvalue weighted by Gasteiger charge is 2.19. The van der Waals surface area contributed by atoms with Crippen molar-refractivity contribution < 1.29 is 14.2 Å². The van der Waals surface area contributed by atoms with E-state index in [4.69, 9.17) is 9.84 Å². The van der Waals surface area contributed by atoms with Crippen molar-refractivity contribution in [2.75, 3.05) is 6.61 Å². The van der Waals surface area contributed by atoms with Gasteiger partial charge in [-0.15, -0.1) is 0 Å². The maximum Gasteiger partial charge on any atom is 0.123 e. The molecule has 1 aliphatic heterocycles. The standard InChI is InChI=1S/C11H13FO2/c12-9-2-4-11-8(7-9)1-3-10(14-11)5-6-13/h2,4,7,10,13H,1,3,5-6H2. The first-order valence-corrected chi connectivity index (χ1v) is 4.85. The number of ether oxygens (including phenoxy) is 1. The number of aliphatic hydroxyl groups is 1. The van der Waals surface area contributed by atoms with Crippen molar-refractivity contribution in [1.29, 1.82) is 0 Å². The molecule has 3 heteroatoms. The van der Waals surface area contributed by atoms with Gasteiger partial charge in [-0.3, -0.25) is 0 Å². The minimum absolute atomic E-state index is 0.0814. The Bertz CT molecular complexity index is 325. The van der Waals surface area contributed by atoms with Crippen LogP contribution in [0.1, 0.15) is 18.4 Å². The van der Waals surface area contributed by atoms with Gasteiger partial charge in [-0.1, -0.05) is 0 Å². The summed E-state index contributed by atoms with van der Waals surface area (Å²) >= 11 is 0. The number of aryl methyl sites for hydroxylation is 1. The van der Waals surface area contributed by atoms with E-state index in [0.29, 0.717) is 6.42 Å². The van der Waals surface area contributed by atoms with Gasteiger partial charge >= 0.3 is 0 Å². The number of aliphatic hydroxyl groups excluding tert-OH is 1. The molecular formula is C11H13FO2. The summed E-state index contributed by atoms with van der Waals surface area (Å²) in [6.45, 7) is 0.140. The van der Waals surface area contributed by atoms with Crippen LogP contribution in [0.25, 0.3) is 0 Å². The van der Waals surface area contributed by atoms with E-state index in [1.54, 1.807) is 6.07 Å². The van der Waals surface area contributed by atoms with E-state index in [0.717, 1.165) is 24.2 Å². The molecule has 1 heterocycles. The van der Waals surface area contributed by atoms with Crippen LogP contribution in [0.5, 0.6) is 5.75 Å². The zero-order chi connectivity index (χ0) is 9.97. The van der Waals surface area contributed by atoms with Crippen molar-refractivity contribution in [1.82, 2.24) is 0 Å². The summed E-state index contributed by atoms with van der Waals surface area (Å²) in [5, 5.41) is 8.77. The smallest absolute Gasteiger partial charge is 0.123 e. The minimum Gasteiger partial charge on any atom is -0.490 e. The summed E-state index contributed by atoms with van der Waals surface area (Å²) in [6, 6.07) is 4.58. The van der Waals surface area contributed by atoms with Gasteiger partial charge in [0.25, 0.3) is 0 Å². The van der Waals surface area contributed by atoms with Gasteiger partial charge in [-0.05, 0) is 36.6 Å². The molecule has 0 saturated heterocycles. The lowest BCUT2D eigenvalue weighted by atomic mass is 10.0. The number of halogens is 1. The van der Waals surface area contributed by atoms with E-state index >= 15 is 0 Å².